The number of anilines is 2. The van der Waals surface area contributed by atoms with Crippen molar-refractivity contribution in [2.45, 2.75) is 0 Å². The highest BCUT2D eigenvalue weighted by molar-refractivity contribution is 7.12. The summed E-state index contributed by atoms with van der Waals surface area (Å²) in [5, 5.41) is 20.6. The van der Waals surface area contributed by atoms with Crippen LogP contribution in [0.3, 0.4) is 0 Å². The summed E-state index contributed by atoms with van der Waals surface area (Å²) in [6.45, 7) is -0.574. The van der Waals surface area contributed by atoms with Crippen molar-refractivity contribution in [2.24, 2.45) is 0 Å². The zero-order valence-electron chi connectivity index (χ0n) is 17.6. The first kappa shape index (κ1) is 22.4. The highest BCUT2D eigenvalue weighted by atomic mass is 32.1. The van der Waals surface area contributed by atoms with Crippen LogP contribution in [0.15, 0.2) is 78.3 Å². The molecular weight excluding hydrogens is 454 g/mol. The predicted octanol–water partition coefficient (Wildman–Crippen LogP) is 3.85. The summed E-state index contributed by atoms with van der Waals surface area (Å²) in [5.74, 6) is -1.49. The molecule has 34 heavy (non-hydrogen) atoms. The fourth-order valence-electron chi connectivity index (χ4n) is 3.02. The van der Waals surface area contributed by atoms with E-state index in [4.69, 9.17) is 4.74 Å². The minimum Gasteiger partial charge on any atom is -0.452 e. The van der Waals surface area contributed by atoms with Crippen molar-refractivity contribution >= 4 is 40.6 Å². The molecule has 10 heteroatoms. The van der Waals surface area contributed by atoms with E-state index in [0.717, 1.165) is 0 Å². The molecule has 0 saturated heterocycles. The normalized spacial score (nSPS) is 10.2. The first-order valence-electron chi connectivity index (χ1n) is 10.0. The Hall–Kier alpha value is -4.75. The Bertz CT molecular complexity index is 1370. The van der Waals surface area contributed by atoms with E-state index in [9.17, 15) is 19.6 Å². The number of benzene rings is 2. The molecule has 168 valence electrons. The number of nitriles is 1. The van der Waals surface area contributed by atoms with Crippen molar-refractivity contribution < 1.29 is 19.1 Å². The van der Waals surface area contributed by atoms with Gasteiger partial charge in [0.05, 0.1) is 22.3 Å². The van der Waals surface area contributed by atoms with E-state index in [-0.39, 0.29) is 22.9 Å². The van der Waals surface area contributed by atoms with Gasteiger partial charge in [-0.15, -0.1) is 11.3 Å². The van der Waals surface area contributed by atoms with Gasteiger partial charge in [0.15, 0.2) is 12.4 Å². The first-order valence-corrected chi connectivity index (χ1v) is 10.9. The number of carbonyl (C=O) groups excluding carboxylic acids is 3. The summed E-state index contributed by atoms with van der Waals surface area (Å²) in [6.07, 6.45) is 1.34. The molecule has 0 radical (unpaired) electrons. The van der Waals surface area contributed by atoms with Gasteiger partial charge >= 0.3 is 5.97 Å². The highest BCUT2D eigenvalue weighted by Crippen LogP contribution is 2.20. The molecule has 0 atom stereocenters. The van der Waals surface area contributed by atoms with Gasteiger partial charge in [-0.25, -0.2) is 9.48 Å². The minimum absolute atomic E-state index is 0.165. The van der Waals surface area contributed by atoms with Crippen molar-refractivity contribution in [2.75, 3.05) is 17.2 Å². The van der Waals surface area contributed by atoms with Crippen LogP contribution in [0.4, 0.5) is 11.5 Å². The second kappa shape index (κ2) is 10.2. The van der Waals surface area contributed by atoms with Crippen molar-refractivity contribution in [3.63, 3.8) is 0 Å². The van der Waals surface area contributed by atoms with E-state index < -0.39 is 18.5 Å². The van der Waals surface area contributed by atoms with Gasteiger partial charge in [-0.3, -0.25) is 9.59 Å². The van der Waals surface area contributed by atoms with Crippen molar-refractivity contribution in [1.29, 1.82) is 5.26 Å². The molecule has 4 aromatic rings. The third kappa shape index (κ3) is 5.17. The Morgan fingerprint density at radius 1 is 1.03 bits per heavy atom. The second-order valence-corrected chi connectivity index (χ2v) is 7.85. The van der Waals surface area contributed by atoms with Crippen molar-refractivity contribution in [3.05, 3.63) is 94.3 Å². The van der Waals surface area contributed by atoms with Crippen LogP contribution in [0, 0.1) is 11.3 Å². The molecule has 9 nitrogen and oxygen atoms in total. The first-order chi connectivity index (χ1) is 16.5. The third-order valence-corrected chi connectivity index (χ3v) is 5.45. The fourth-order valence-corrected chi connectivity index (χ4v) is 3.64. The van der Waals surface area contributed by atoms with Gasteiger partial charge in [0.1, 0.15) is 11.6 Å². The number of carbonyl (C=O) groups is 3. The lowest BCUT2D eigenvalue weighted by Crippen LogP contribution is -2.23. The van der Waals surface area contributed by atoms with E-state index in [1.165, 1.54) is 34.3 Å². The van der Waals surface area contributed by atoms with Crippen LogP contribution in [0.1, 0.15) is 25.6 Å². The Balaban J connectivity index is 1.39. The van der Waals surface area contributed by atoms with Gasteiger partial charge in [-0.2, -0.15) is 10.4 Å². The van der Waals surface area contributed by atoms with Crippen LogP contribution in [0.2, 0.25) is 0 Å². The maximum atomic E-state index is 12.4. The quantitative estimate of drug-likeness (QED) is 0.394. The van der Waals surface area contributed by atoms with E-state index in [0.29, 0.717) is 16.3 Å². The molecule has 0 bridgehead atoms. The van der Waals surface area contributed by atoms with Gasteiger partial charge in [-0.05, 0) is 41.8 Å². The third-order valence-electron chi connectivity index (χ3n) is 4.58. The van der Waals surface area contributed by atoms with Crippen molar-refractivity contribution in [1.82, 2.24) is 9.78 Å². The van der Waals surface area contributed by atoms with Crippen LogP contribution >= 0.6 is 11.3 Å². The Labute approximate surface area is 198 Å². The zero-order valence-corrected chi connectivity index (χ0v) is 18.4. The second-order valence-electron chi connectivity index (χ2n) is 6.90. The molecule has 0 aliphatic heterocycles. The lowest BCUT2D eigenvalue weighted by Gasteiger charge is -2.10. The molecule has 0 aliphatic carbocycles. The molecular formula is C24H17N5O4S. The van der Waals surface area contributed by atoms with Gasteiger partial charge in [0, 0.05) is 5.69 Å². The number of hydrogen-bond donors (Lipinski definition) is 2. The standard InChI is InChI=1S/C24H17N5O4S/c25-13-17-14-26-29(19-8-2-1-3-9-19)22(17)28-21(30)15-33-24(32)16-6-4-7-18(12-16)27-23(31)20-10-5-11-34-20/h1-12,14H,15H2,(H,27,31)(H,28,30). The highest BCUT2D eigenvalue weighted by Gasteiger charge is 2.17. The number of esters is 1. The summed E-state index contributed by atoms with van der Waals surface area (Å²) in [5.41, 5.74) is 1.40. The predicted molar refractivity (Wildman–Crippen MR) is 126 cm³/mol. The van der Waals surface area contributed by atoms with Crippen molar-refractivity contribution in [3.8, 4) is 11.8 Å². The molecule has 0 saturated carbocycles. The van der Waals surface area contributed by atoms with Gasteiger partial charge in [0.25, 0.3) is 11.8 Å². The summed E-state index contributed by atoms with van der Waals surface area (Å²) >= 11 is 1.30. The minimum atomic E-state index is -0.737. The number of aromatic nitrogens is 2. The largest absolute Gasteiger partial charge is 0.452 e. The smallest absolute Gasteiger partial charge is 0.338 e. The van der Waals surface area contributed by atoms with Gasteiger partial charge in [0.2, 0.25) is 0 Å². The number of thiophene rings is 1. The summed E-state index contributed by atoms with van der Waals surface area (Å²) in [4.78, 5) is 37.6. The average Bonchev–Trinajstić information content (AvgIpc) is 3.54. The van der Waals surface area contributed by atoms with Crippen LogP contribution in [0.25, 0.3) is 5.69 Å². The SMILES string of the molecule is N#Cc1cnn(-c2ccccc2)c1NC(=O)COC(=O)c1cccc(NC(=O)c2cccs2)c1. The lowest BCUT2D eigenvalue weighted by atomic mass is 10.2. The number of amides is 2. The number of ether oxygens (including phenoxy) is 1. The molecule has 2 aromatic heterocycles. The molecule has 2 amide bonds. The molecule has 0 unspecified atom stereocenters. The summed E-state index contributed by atoms with van der Waals surface area (Å²) < 4.78 is 6.53. The van der Waals surface area contributed by atoms with E-state index in [1.54, 1.807) is 53.9 Å². The maximum Gasteiger partial charge on any atom is 0.338 e. The maximum absolute atomic E-state index is 12.4. The summed E-state index contributed by atoms with van der Waals surface area (Å²) in [7, 11) is 0. The average molecular weight is 471 g/mol. The van der Waals surface area contributed by atoms with E-state index >= 15 is 0 Å². The van der Waals surface area contributed by atoms with Crippen LogP contribution < -0.4 is 10.6 Å². The molecule has 0 aliphatic rings. The molecule has 2 heterocycles. The summed E-state index contributed by atoms with van der Waals surface area (Å²) in [6, 6.07) is 20.6. The molecule has 0 spiro atoms. The van der Waals surface area contributed by atoms with E-state index in [1.807, 2.05) is 12.1 Å². The molecule has 4 rings (SSSR count). The fraction of sp³-hybridized carbons (Fsp3) is 0.0417. The van der Waals surface area contributed by atoms with Gasteiger partial charge in [-0.1, -0.05) is 30.3 Å². The van der Waals surface area contributed by atoms with E-state index in [2.05, 4.69) is 15.7 Å². The Morgan fingerprint density at radius 3 is 2.59 bits per heavy atom. The molecule has 0 fully saturated rings. The number of rotatable bonds is 7. The molecule has 2 N–H and O–H groups in total. The lowest BCUT2D eigenvalue weighted by molar-refractivity contribution is -0.119. The zero-order chi connectivity index (χ0) is 23.9. The van der Waals surface area contributed by atoms with Crippen LogP contribution in [0.5, 0.6) is 0 Å². The van der Waals surface area contributed by atoms with Crippen LogP contribution in [-0.4, -0.2) is 34.2 Å². The monoisotopic (exact) mass is 471 g/mol. The number of para-hydroxylation sites is 1. The number of nitrogens with one attached hydrogen (secondary N) is 2. The van der Waals surface area contributed by atoms with Gasteiger partial charge < -0.3 is 15.4 Å². The number of hydrogen-bond acceptors (Lipinski definition) is 7. The molecule has 2 aromatic carbocycles. The van der Waals surface area contributed by atoms with Crippen LogP contribution in [-0.2, 0) is 9.53 Å². The topological polar surface area (TPSA) is 126 Å². The number of nitrogens with zero attached hydrogens (tertiary/aromatic N) is 3. The Kier molecular flexibility index (Phi) is 6.76. The Morgan fingerprint density at radius 2 is 1.85 bits per heavy atom.